The molecule has 1 fully saturated rings. The van der Waals surface area contributed by atoms with Crippen molar-refractivity contribution in [3.63, 3.8) is 0 Å². The Morgan fingerprint density at radius 1 is 1.40 bits per heavy atom. The van der Waals surface area contributed by atoms with Gasteiger partial charge in [0.05, 0.1) is 18.6 Å². The second-order valence-electron chi connectivity index (χ2n) is 5.44. The van der Waals surface area contributed by atoms with Gasteiger partial charge < -0.3 is 9.47 Å². The molecule has 1 unspecified atom stereocenters. The van der Waals surface area contributed by atoms with E-state index in [2.05, 4.69) is 21.2 Å². The number of aromatic nitrogens is 4. The smallest absolute Gasteiger partial charge is 0.255 e. The summed E-state index contributed by atoms with van der Waals surface area (Å²) in [6.45, 7) is 3.84. The molecule has 2 aromatic rings. The molecule has 1 aliphatic rings. The van der Waals surface area contributed by atoms with Crippen molar-refractivity contribution in [3.8, 4) is 0 Å². The van der Waals surface area contributed by atoms with Crippen LogP contribution in [0.2, 0.25) is 0 Å². The molecule has 3 heterocycles. The van der Waals surface area contributed by atoms with Crippen LogP contribution in [0.3, 0.4) is 0 Å². The van der Waals surface area contributed by atoms with E-state index in [0.717, 1.165) is 31.7 Å². The van der Waals surface area contributed by atoms with Crippen molar-refractivity contribution in [2.75, 3.05) is 18.0 Å². The molecular formula is C14H19N5O. The highest BCUT2D eigenvalue weighted by Crippen LogP contribution is 2.24. The predicted octanol–water partition coefficient (Wildman–Crippen LogP) is 1.13. The Morgan fingerprint density at radius 2 is 2.25 bits per heavy atom. The van der Waals surface area contributed by atoms with Crippen LogP contribution < -0.4 is 10.5 Å². The Labute approximate surface area is 117 Å². The Morgan fingerprint density at radius 3 is 2.95 bits per heavy atom. The van der Waals surface area contributed by atoms with Gasteiger partial charge in [0, 0.05) is 32.4 Å². The van der Waals surface area contributed by atoms with E-state index >= 15 is 0 Å². The molecule has 1 saturated heterocycles. The maximum atomic E-state index is 11.7. The van der Waals surface area contributed by atoms with E-state index in [0.29, 0.717) is 6.04 Å². The van der Waals surface area contributed by atoms with Gasteiger partial charge in [-0.15, -0.1) is 0 Å². The molecule has 6 nitrogen and oxygen atoms in total. The van der Waals surface area contributed by atoms with Gasteiger partial charge in [0.1, 0.15) is 5.82 Å². The van der Waals surface area contributed by atoms with Crippen LogP contribution in [0, 0.1) is 6.92 Å². The first-order valence-corrected chi connectivity index (χ1v) is 6.92. The molecule has 0 amide bonds. The Balaban J connectivity index is 1.81. The topological polar surface area (TPSA) is 56.0 Å². The van der Waals surface area contributed by atoms with Gasteiger partial charge in [-0.2, -0.15) is 5.10 Å². The maximum absolute atomic E-state index is 11.7. The fourth-order valence-corrected chi connectivity index (χ4v) is 2.64. The summed E-state index contributed by atoms with van der Waals surface area (Å²) in [6.07, 6.45) is 7.74. The van der Waals surface area contributed by atoms with E-state index in [9.17, 15) is 4.79 Å². The Hall–Kier alpha value is -2.11. The van der Waals surface area contributed by atoms with Gasteiger partial charge in [-0.3, -0.25) is 9.48 Å². The van der Waals surface area contributed by atoms with Crippen molar-refractivity contribution < 1.29 is 0 Å². The van der Waals surface area contributed by atoms with Crippen molar-refractivity contribution in [1.29, 1.82) is 0 Å². The molecule has 0 aromatic carbocycles. The van der Waals surface area contributed by atoms with Crippen molar-refractivity contribution in [2.24, 2.45) is 7.05 Å². The lowest BCUT2D eigenvalue weighted by Gasteiger charge is -2.33. The van der Waals surface area contributed by atoms with Gasteiger partial charge in [-0.1, -0.05) is 0 Å². The fourth-order valence-electron chi connectivity index (χ4n) is 2.64. The second kappa shape index (κ2) is 5.11. The molecular weight excluding hydrogens is 254 g/mol. The number of piperidine rings is 1. The summed E-state index contributed by atoms with van der Waals surface area (Å²) in [4.78, 5) is 18.2. The minimum Gasteiger partial charge on any atom is -0.354 e. The molecule has 0 N–H and O–H groups in total. The van der Waals surface area contributed by atoms with Crippen LogP contribution >= 0.6 is 0 Å². The number of hydrogen-bond donors (Lipinski definition) is 0. The van der Waals surface area contributed by atoms with Gasteiger partial charge in [0.2, 0.25) is 0 Å². The molecule has 106 valence electrons. The maximum Gasteiger partial charge on any atom is 0.255 e. The molecule has 0 radical (unpaired) electrons. The molecule has 6 heteroatoms. The molecule has 0 bridgehead atoms. The lowest BCUT2D eigenvalue weighted by molar-refractivity contribution is 0.374. The molecule has 0 saturated carbocycles. The third-order valence-corrected chi connectivity index (χ3v) is 3.79. The van der Waals surface area contributed by atoms with E-state index < -0.39 is 0 Å². The monoisotopic (exact) mass is 273 g/mol. The van der Waals surface area contributed by atoms with Crippen molar-refractivity contribution in [3.05, 3.63) is 40.7 Å². The first kappa shape index (κ1) is 12.9. The van der Waals surface area contributed by atoms with Crippen LogP contribution in [-0.2, 0) is 7.05 Å². The summed E-state index contributed by atoms with van der Waals surface area (Å²) in [5.74, 6) is 0.765. The minimum atomic E-state index is -0.0212. The van der Waals surface area contributed by atoms with Crippen molar-refractivity contribution in [2.45, 2.75) is 25.8 Å². The molecule has 20 heavy (non-hydrogen) atoms. The quantitative estimate of drug-likeness (QED) is 0.823. The average molecular weight is 273 g/mol. The first-order chi connectivity index (χ1) is 9.63. The van der Waals surface area contributed by atoms with Crippen LogP contribution in [0.5, 0.6) is 0 Å². The van der Waals surface area contributed by atoms with E-state index in [4.69, 9.17) is 0 Å². The highest BCUT2D eigenvalue weighted by Gasteiger charge is 2.23. The summed E-state index contributed by atoms with van der Waals surface area (Å²) in [7, 11) is 1.71. The molecule has 2 aromatic heterocycles. The molecule has 0 spiro atoms. The summed E-state index contributed by atoms with van der Waals surface area (Å²) < 4.78 is 3.52. The predicted molar refractivity (Wildman–Crippen MR) is 76.9 cm³/mol. The third kappa shape index (κ3) is 2.45. The lowest BCUT2D eigenvalue weighted by atomic mass is 10.1. The Kier molecular flexibility index (Phi) is 3.30. The largest absolute Gasteiger partial charge is 0.354 e. The van der Waals surface area contributed by atoms with Gasteiger partial charge >= 0.3 is 0 Å². The fraction of sp³-hybridized carbons (Fsp3) is 0.500. The zero-order chi connectivity index (χ0) is 14.1. The van der Waals surface area contributed by atoms with Gasteiger partial charge in [0.25, 0.3) is 5.56 Å². The summed E-state index contributed by atoms with van der Waals surface area (Å²) >= 11 is 0. The van der Waals surface area contributed by atoms with E-state index in [1.54, 1.807) is 19.4 Å². The zero-order valence-corrected chi connectivity index (χ0v) is 11.9. The highest BCUT2D eigenvalue weighted by molar-refractivity contribution is 5.37. The highest BCUT2D eigenvalue weighted by atomic mass is 16.1. The molecule has 1 aliphatic heterocycles. The number of rotatable bonds is 2. The van der Waals surface area contributed by atoms with Crippen LogP contribution in [0.15, 0.2) is 29.6 Å². The standard InChI is InChI=1S/C14H19N5O/c1-11-7-16-19(8-11)12-4-3-5-18(9-12)13-6-14(20)17(2)10-15-13/h6-8,10,12H,3-5,9H2,1-2H3. The zero-order valence-electron chi connectivity index (χ0n) is 11.9. The van der Waals surface area contributed by atoms with E-state index in [-0.39, 0.29) is 5.56 Å². The normalized spacial score (nSPS) is 19.3. The number of hydrogen-bond acceptors (Lipinski definition) is 4. The SMILES string of the molecule is Cc1cnn(C2CCCN(c3cc(=O)n(C)cn3)C2)c1. The number of anilines is 1. The van der Waals surface area contributed by atoms with Crippen molar-refractivity contribution in [1.82, 2.24) is 19.3 Å². The average Bonchev–Trinajstić information content (AvgIpc) is 2.89. The third-order valence-electron chi connectivity index (χ3n) is 3.79. The van der Waals surface area contributed by atoms with Crippen molar-refractivity contribution >= 4 is 5.82 Å². The van der Waals surface area contributed by atoms with E-state index in [1.807, 2.05) is 17.8 Å². The second-order valence-corrected chi connectivity index (χ2v) is 5.44. The van der Waals surface area contributed by atoms with Crippen LogP contribution in [-0.4, -0.2) is 32.4 Å². The van der Waals surface area contributed by atoms with Crippen LogP contribution in [0.4, 0.5) is 5.82 Å². The van der Waals surface area contributed by atoms with E-state index in [1.165, 1.54) is 10.1 Å². The van der Waals surface area contributed by atoms with Gasteiger partial charge in [0.15, 0.2) is 0 Å². The van der Waals surface area contributed by atoms with Gasteiger partial charge in [-0.05, 0) is 25.3 Å². The number of aryl methyl sites for hydroxylation is 2. The summed E-state index contributed by atoms with van der Waals surface area (Å²) in [5, 5.41) is 4.40. The van der Waals surface area contributed by atoms with Gasteiger partial charge in [-0.25, -0.2) is 4.98 Å². The lowest BCUT2D eigenvalue weighted by Crippen LogP contribution is -2.38. The van der Waals surface area contributed by atoms with Crippen LogP contribution in [0.1, 0.15) is 24.4 Å². The Bertz CT molecular complexity index is 660. The first-order valence-electron chi connectivity index (χ1n) is 6.92. The molecule has 0 aliphatic carbocycles. The molecule has 1 atom stereocenters. The molecule has 3 rings (SSSR count). The minimum absolute atomic E-state index is 0.0212. The van der Waals surface area contributed by atoms with Crippen LogP contribution in [0.25, 0.3) is 0 Å². The summed E-state index contributed by atoms with van der Waals surface area (Å²) in [5.41, 5.74) is 1.15. The summed E-state index contributed by atoms with van der Waals surface area (Å²) in [6, 6.07) is 1.96. The number of nitrogens with zero attached hydrogens (tertiary/aromatic N) is 5.